The molecule has 30 heavy (non-hydrogen) atoms. The molecule has 1 heterocycles. The van der Waals surface area contributed by atoms with Crippen LogP contribution < -0.4 is 9.47 Å². The van der Waals surface area contributed by atoms with Crippen molar-refractivity contribution in [2.75, 3.05) is 7.11 Å². The molecule has 0 aliphatic rings. The molecule has 0 atom stereocenters. The number of ether oxygens (including phenoxy) is 4. The topological polar surface area (TPSA) is 101 Å². The Bertz CT molecular complexity index is 1110. The summed E-state index contributed by atoms with van der Waals surface area (Å²) < 4.78 is 21.2. The monoisotopic (exact) mass is 409 g/mol. The lowest BCUT2D eigenvalue weighted by Crippen LogP contribution is -2.14. The molecule has 8 nitrogen and oxygen atoms in total. The van der Waals surface area contributed by atoms with E-state index in [0.717, 1.165) is 0 Å². The van der Waals surface area contributed by atoms with E-state index in [4.69, 9.17) is 18.9 Å². The van der Waals surface area contributed by atoms with Crippen LogP contribution in [-0.2, 0) is 25.7 Å². The maximum absolute atomic E-state index is 12.4. The zero-order valence-electron chi connectivity index (χ0n) is 16.6. The predicted octanol–water partition coefficient (Wildman–Crippen LogP) is 3.80. The van der Waals surface area contributed by atoms with Gasteiger partial charge in [-0.15, -0.1) is 0 Å². The van der Waals surface area contributed by atoms with Gasteiger partial charge in [-0.25, -0.2) is 9.78 Å². The van der Waals surface area contributed by atoms with E-state index >= 15 is 0 Å². The Kier molecular flexibility index (Phi) is 6.26. The Morgan fingerprint density at radius 3 is 2.30 bits per heavy atom. The molecule has 8 heteroatoms. The number of carbonyl (C=O) groups excluding carboxylic acids is 3. The summed E-state index contributed by atoms with van der Waals surface area (Å²) in [5.41, 5.74) is 0.0569. The predicted molar refractivity (Wildman–Crippen MR) is 106 cm³/mol. The van der Waals surface area contributed by atoms with Crippen LogP contribution in [0.3, 0.4) is 0 Å². The third-order valence-corrected chi connectivity index (χ3v) is 4.03. The number of pyridine rings is 1. The van der Waals surface area contributed by atoms with Gasteiger partial charge < -0.3 is 18.9 Å². The number of fused-ring (bicyclic) bond motifs is 1. The smallest absolute Gasteiger partial charge is 0.360 e. The number of methoxy groups -OCH3 is 1. The first-order valence-corrected chi connectivity index (χ1v) is 8.99. The van der Waals surface area contributed by atoms with Crippen LogP contribution in [-0.4, -0.2) is 30.0 Å². The van der Waals surface area contributed by atoms with Gasteiger partial charge in [-0.05, 0) is 18.2 Å². The first-order chi connectivity index (χ1) is 14.4. The fourth-order valence-corrected chi connectivity index (χ4v) is 2.83. The molecule has 0 aliphatic heterocycles. The summed E-state index contributed by atoms with van der Waals surface area (Å²) in [6.07, 6.45) is 0. The molecular weight excluding hydrogens is 390 g/mol. The second kappa shape index (κ2) is 9.04. The van der Waals surface area contributed by atoms with Crippen molar-refractivity contribution in [1.82, 2.24) is 4.98 Å². The number of benzene rings is 2. The Balaban J connectivity index is 2.30. The summed E-state index contributed by atoms with van der Waals surface area (Å²) in [6, 6.07) is 14.1. The molecule has 154 valence electrons. The lowest BCUT2D eigenvalue weighted by molar-refractivity contribution is -0.142. The minimum absolute atomic E-state index is 0.0949. The number of para-hydroxylation sites is 1. The van der Waals surface area contributed by atoms with E-state index in [1.807, 2.05) is 6.07 Å². The lowest BCUT2D eigenvalue weighted by Gasteiger charge is -2.17. The van der Waals surface area contributed by atoms with Gasteiger partial charge in [0.05, 0.1) is 18.2 Å². The first kappa shape index (κ1) is 20.8. The number of carbonyl (C=O) groups is 3. The number of hydrogen-bond acceptors (Lipinski definition) is 8. The van der Waals surface area contributed by atoms with Crippen molar-refractivity contribution in [3.8, 4) is 17.2 Å². The lowest BCUT2D eigenvalue weighted by atomic mass is 10.1. The highest BCUT2D eigenvalue weighted by molar-refractivity contribution is 6.04. The third kappa shape index (κ3) is 4.54. The Hall–Kier alpha value is -3.94. The molecule has 0 radical (unpaired) electrons. The van der Waals surface area contributed by atoms with Gasteiger partial charge in [0.1, 0.15) is 18.1 Å². The van der Waals surface area contributed by atoms with Crippen LogP contribution in [0.15, 0.2) is 48.5 Å². The maximum atomic E-state index is 12.4. The minimum atomic E-state index is -0.813. The van der Waals surface area contributed by atoms with E-state index in [1.54, 1.807) is 42.5 Å². The average molecular weight is 409 g/mol. The Morgan fingerprint density at radius 1 is 0.933 bits per heavy atom. The fourth-order valence-electron chi connectivity index (χ4n) is 2.83. The van der Waals surface area contributed by atoms with Gasteiger partial charge in [0.15, 0.2) is 11.4 Å². The molecule has 0 spiro atoms. The van der Waals surface area contributed by atoms with Crippen LogP contribution in [0.1, 0.15) is 30.0 Å². The molecule has 3 aromatic rings. The van der Waals surface area contributed by atoms with E-state index in [9.17, 15) is 14.4 Å². The molecule has 0 fully saturated rings. The highest BCUT2D eigenvalue weighted by Gasteiger charge is 2.25. The van der Waals surface area contributed by atoms with Crippen molar-refractivity contribution in [2.45, 2.75) is 20.5 Å². The van der Waals surface area contributed by atoms with E-state index < -0.39 is 17.9 Å². The molecule has 0 amide bonds. The van der Waals surface area contributed by atoms with Gasteiger partial charge in [0.25, 0.3) is 0 Å². The number of aromatic nitrogens is 1. The van der Waals surface area contributed by atoms with Crippen LogP contribution in [0.2, 0.25) is 0 Å². The van der Waals surface area contributed by atoms with Crippen LogP contribution >= 0.6 is 0 Å². The van der Waals surface area contributed by atoms with Crippen molar-refractivity contribution in [2.24, 2.45) is 0 Å². The van der Waals surface area contributed by atoms with Gasteiger partial charge >= 0.3 is 17.9 Å². The summed E-state index contributed by atoms with van der Waals surface area (Å²) >= 11 is 0. The molecule has 0 saturated heterocycles. The molecule has 0 N–H and O–H groups in total. The number of nitrogens with zero attached hydrogens (tertiary/aromatic N) is 1. The van der Waals surface area contributed by atoms with E-state index in [0.29, 0.717) is 22.3 Å². The van der Waals surface area contributed by atoms with Crippen molar-refractivity contribution >= 4 is 28.7 Å². The number of rotatable bonds is 6. The standard InChI is InChI=1S/C22H19NO7/c1-13(24)28-12-17-16-10-7-11-18(30-15-8-5-4-6-9-15)19(16)21(29-14(2)25)20(23-17)22(26)27-3/h4-11H,12H2,1-3H3. The summed E-state index contributed by atoms with van der Waals surface area (Å²) in [5.74, 6) is -1.20. The number of esters is 3. The molecule has 0 unspecified atom stereocenters. The van der Waals surface area contributed by atoms with Crippen molar-refractivity contribution in [3.05, 3.63) is 59.9 Å². The molecular formula is C22H19NO7. The van der Waals surface area contributed by atoms with Gasteiger partial charge in [-0.3, -0.25) is 9.59 Å². The van der Waals surface area contributed by atoms with Gasteiger partial charge in [-0.1, -0.05) is 30.3 Å². The average Bonchev–Trinajstić information content (AvgIpc) is 2.72. The van der Waals surface area contributed by atoms with Gasteiger partial charge in [0.2, 0.25) is 0 Å². The zero-order valence-corrected chi connectivity index (χ0v) is 16.6. The van der Waals surface area contributed by atoms with E-state index in [2.05, 4.69) is 4.98 Å². The molecule has 3 rings (SSSR count). The SMILES string of the molecule is COC(=O)c1nc(COC(C)=O)c2cccc(Oc3ccccc3)c2c1OC(C)=O. The van der Waals surface area contributed by atoms with Gasteiger partial charge in [-0.2, -0.15) is 0 Å². The maximum Gasteiger partial charge on any atom is 0.360 e. The van der Waals surface area contributed by atoms with Crippen LogP contribution in [0.25, 0.3) is 10.8 Å². The number of hydrogen-bond donors (Lipinski definition) is 0. The van der Waals surface area contributed by atoms with Crippen LogP contribution in [0.5, 0.6) is 17.2 Å². The molecule has 2 aromatic carbocycles. The summed E-state index contributed by atoms with van der Waals surface area (Å²) in [5, 5.41) is 0.822. The zero-order chi connectivity index (χ0) is 21.7. The van der Waals surface area contributed by atoms with Crippen molar-refractivity contribution in [1.29, 1.82) is 0 Å². The van der Waals surface area contributed by atoms with Crippen LogP contribution in [0, 0.1) is 0 Å². The summed E-state index contributed by atoms with van der Waals surface area (Å²) in [4.78, 5) is 39.7. The molecule has 0 saturated carbocycles. The Morgan fingerprint density at radius 2 is 1.67 bits per heavy atom. The second-order valence-corrected chi connectivity index (χ2v) is 6.20. The highest BCUT2D eigenvalue weighted by Crippen LogP contribution is 2.40. The molecule has 0 aliphatic carbocycles. The largest absolute Gasteiger partial charge is 0.464 e. The minimum Gasteiger partial charge on any atom is -0.464 e. The highest BCUT2D eigenvalue weighted by atomic mass is 16.5. The quantitative estimate of drug-likeness (QED) is 0.567. The van der Waals surface area contributed by atoms with Gasteiger partial charge in [0, 0.05) is 19.2 Å². The van der Waals surface area contributed by atoms with Crippen molar-refractivity contribution in [3.63, 3.8) is 0 Å². The third-order valence-electron chi connectivity index (χ3n) is 4.03. The normalized spacial score (nSPS) is 10.4. The summed E-state index contributed by atoms with van der Waals surface area (Å²) in [7, 11) is 1.18. The molecule has 0 bridgehead atoms. The fraction of sp³-hybridized carbons (Fsp3) is 0.182. The summed E-state index contributed by atoms with van der Waals surface area (Å²) in [6.45, 7) is 2.28. The molecule has 1 aromatic heterocycles. The van der Waals surface area contributed by atoms with E-state index in [-0.39, 0.29) is 23.7 Å². The first-order valence-electron chi connectivity index (χ1n) is 8.99. The van der Waals surface area contributed by atoms with E-state index in [1.165, 1.54) is 21.0 Å². The van der Waals surface area contributed by atoms with Crippen molar-refractivity contribution < 1.29 is 33.3 Å². The Labute approximate surface area is 172 Å². The van der Waals surface area contributed by atoms with Crippen LogP contribution in [0.4, 0.5) is 0 Å². The second-order valence-electron chi connectivity index (χ2n) is 6.20.